The molecule has 140 valence electrons. The molecule has 0 unspecified atom stereocenters. The first-order valence-corrected chi connectivity index (χ1v) is 9.56. The number of Topliss-reactive ketones (excluding diaryl/α,β-unsaturated/α-hetero) is 2. The zero-order valence-electron chi connectivity index (χ0n) is 16.1. The van der Waals surface area contributed by atoms with Crippen LogP contribution in [0.5, 0.6) is 0 Å². The Morgan fingerprint density at radius 3 is 2.21 bits per heavy atom. The number of hydrogen-bond acceptors (Lipinski definition) is 3. The summed E-state index contributed by atoms with van der Waals surface area (Å²) in [4.78, 5) is 26.2. The Hall–Kier alpha value is -3.20. The minimum Gasteiger partial charge on any atom is -0.368 e. The number of carbonyl (C=O) groups excluding carboxylic acids is 2. The Kier molecular flexibility index (Phi) is 4.60. The van der Waals surface area contributed by atoms with E-state index in [1.807, 2.05) is 85.8 Å². The van der Waals surface area contributed by atoms with Crippen LogP contribution in [0.2, 0.25) is 0 Å². The Balaban J connectivity index is 1.81. The van der Waals surface area contributed by atoms with E-state index in [2.05, 4.69) is 5.32 Å². The maximum atomic E-state index is 13.1. The smallest absolute Gasteiger partial charge is 0.163 e. The molecule has 1 heterocycles. The van der Waals surface area contributed by atoms with Gasteiger partial charge in [0, 0.05) is 23.6 Å². The molecule has 3 nitrogen and oxygen atoms in total. The summed E-state index contributed by atoms with van der Waals surface area (Å²) in [5, 5.41) is 3.48. The molecule has 0 aliphatic carbocycles. The number of rotatable bonds is 5. The molecule has 4 rings (SSSR count). The summed E-state index contributed by atoms with van der Waals surface area (Å²) in [6.07, 6.45) is 0.265. The van der Waals surface area contributed by atoms with Crippen LogP contribution in [-0.4, -0.2) is 11.6 Å². The van der Waals surface area contributed by atoms with Crippen LogP contribution in [-0.2, 0) is 10.3 Å². The van der Waals surface area contributed by atoms with Crippen molar-refractivity contribution in [2.24, 2.45) is 0 Å². The van der Waals surface area contributed by atoms with Gasteiger partial charge in [0.05, 0.1) is 0 Å². The van der Waals surface area contributed by atoms with Crippen molar-refractivity contribution in [3.8, 4) is 0 Å². The van der Waals surface area contributed by atoms with Gasteiger partial charge < -0.3 is 5.32 Å². The molecule has 1 N–H and O–H groups in total. The van der Waals surface area contributed by atoms with E-state index in [4.69, 9.17) is 0 Å². The van der Waals surface area contributed by atoms with Gasteiger partial charge in [-0.05, 0) is 31.0 Å². The number of carbonyl (C=O) groups is 2. The molecule has 0 bridgehead atoms. The summed E-state index contributed by atoms with van der Waals surface area (Å²) in [5.74, 6) is -0.209. The Labute approximate surface area is 165 Å². The highest BCUT2D eigenvalue weighted by Gasteiger charge is 2.51. The molecule has 0 saturated carbocycles. The lowest BCUT2D eigenvalue weighted by Gasteiger charge is -2.34. The molecule has 3 aromatic carbocycles. The lowest BCUT2D eigenvalue weighted by molar-refractivity contribution is -0.122. The van der Waals surface area contributed by atoms with E-state index < -0.39 is 5.54 Å². The summed E-state index contributed by atoms with van der Waals surface area (Å²) in [6.45, 7) is 3.61. The fraction of sp³-hybridized carbons (Fsp3) is 0.200. The monoisotopic (exact) mass is 369 g/mol. The highest BCUT2D eigenvalue weighted by Crippen LogP contribution is 2.51. The topological polar surface area (TPSA) is 46.2 Å². The predicted octanol–water partition coefficient (Wildman–Crippen LogP) is 5.26. The van der Waals surface area contributed by atoms with E-state index in [9.17, 15) is 9.59 Å². The third kappa shape index (κ3) is 2.93. The molecule has 0 amide bonds. The minimum absolute atomic E-state index is 0.0107. The number of fused-ring (bicyclic) bond motifs is 1. The lowest BCUT2D eigenvalue weighted by atomic mass is 9.72. The maximum absolute atomic E-state index is 13.1. The first-order valence-electron chi connectivity index (χ1n) is 9.56. The van der Waals surface area contributed by atoms with Crippen molar-refractivity contribution in [2.75, 3.05) is 5.32 Å². The Morgan fingerprint density at radius 1 is 0.893 bits per heavy atom. The molecule has 3 aromatic rings. The molecular weight excluding hydrogens is 346 g/mol. The average molecular weight is 369 g/mol. The second-order valence-corrected chi connectivity index (χ2v) is 7.49. The number of ketones is 2. The number of anilines is 1. The van der Waals surface area contributed by atoms with Crippen molar-refractivity contribution in [3.63, 3.8) is 0 Å². The number of nitrogens with one attached hydrogen (secondary N) is 1. The molecule has 0 fully saturated rings. The molecule has 0 radical (unpaired) electrons. The molecule has 28 heavy (non-hydrogen) atoms. The van der Waals surface area contributed by atoms with Gasteiger partial charge in [-0.2, -0.15) is 0 Å². The van der Waals surface area contributed by atoms with Crippen LogP contribution in [0, 0.1) is 6.92 Å². The van der Waals surface area contributed by atoms with Gasteiger partial charge in [0.2, 0.25) is 0 Å². The third-order valence-corrected chi connectivity index (χ3v) is 5.74. The van der Waals surface area contributed by atoms with E-state index in [1.54, 1.807) is 6.92 Å². The average Bonchev–Trinajstić information content (AvgIpc) is 3.04. The number of aryl methyl sites for hydroxylation is 1. The number of hydrogen-bond donors (Lipinski definition) is 1. The van der Waals surface area contributed by atoms with Crippen LogP contribution >= 0.6 is 0 Å². The van der Waals surface area contributed by atoms with Crippen LogP contribution in [0.4, 0.5) is 5.69 Å². The molecule has 0 spiro atoms. The van der Waals surface area contributed by atoms with E-state index in [-0.39, 0.29) is 23.9 Å². The lowest BCUT2D eigenvalue weighted by Crippen LogP contribution is -2.44. The van der Waals surface area contributed by atoms with E-state index in [0.29, 0.717) is 5.56 Å². The Bertz CT molecular complexity index is 1020. The fourth-order valence-corrected chi connectivity index (χ4v) is 4.26. The summed E-state index contributed by atoms with van der Waals surface area (Å²) in [5.41, 5.74) is 3.68. The Morgan fingerprint density at radius 2 is 1.54 bits per heavy atom. The summed E-state index contributed by atoms with van der Waals surface area (Å²) in [7, 11) is 0. The number of para-hydroxylation sites is 1. The molecule has 1 aliphatic rings. The predicted molar refractivity (Wildman–Crippen MR) is 112 cm³/mol. The molecule has 0 saturated heterocycles. The van der Waals surface area contributed by atoms with Crippen molar-refractivity contribution in [2.45, 2.75) is 31.7 Å². The van der Waals surface area contributed by atoms with Gasteiger partial charge >= 0.3 is 0 Å². The van der Waals surface area contributed by atoms with Gasteiger partial charge in [-0.3, -0.25) is 9.59 Å². The van der Waals surface area contributed by atoms with Crippen LogP contribution < -0.4 is 5.32 Å². The van der Waals surface area contributed by atoms with Gasteiger partial charge in [-0.15, -0.1) is 0 Å². The first-order chi connectivity index (χ1) is 13.5. The van der Waals surface area contributed by atoms with Crippen molar-refractivity contribution < 1.29 is 9.59 Å². The maximum Gasteiger partial charge on any atom is 0.163 e. The largest absolute Gasteiger partial charge is 0.368 e. The first kappa shape index (κ1) is 18.2. The van der Waals surface area contributed by atoms with E-state index in [1.165, 1.54) is 0 Å². The van der Waals surface area contributed by atoms with Crippen LogP contribution in [0.25, 0.3) is 0 Å². The van der Waals surface area contributed by atoms with Crippen molar-refractivity contribution in [3.05, 3.63) is 101 Å². The highest BCUT2D eigenvalue weighted by atomic mass is 16.1. The normalized spacial score (nSPS) is 20.3. The van der Waals surface area contributed by atoms with Crippen LogP contribution in [0.15, 0.2) is 78.9 Å². The molecule has 3 heteroatoms. The highest BCUT2D eigenvalue weighted by molar-refractivity contribution is 6.00. The van der Waals surface area contributed by atoms with Crippen molar-refractivity contribution >= 4 is 17.3 Å². The van der Waals surface area contributed by atoms with Crippen molar-refractivity contribution in [1.29, 1.82) is 0 Å². The fourth-order valence-electron chi connectivity index (χ4n) is 4.26. The number of benzene rings is 3. The SMILES string of the molecule is CC(=O)[C@]1(c2ccccc2)Nc2ccccc2[C@H]1CC(=O)c1ccc(C)cc1. The van der Waals surface area contributed by atoms with E-state index >= 15 is 0 Å². The molecule has 2 atom stereocenters. The summed E-state index contributed by atoms with van der Waals surface area (Å²) >= 11 is 0. The molecular formula is C25H23NO2. The van der Waals surface area contributed by atoms with Gasteiger partial charge in [0.15, 0.2) is 11.6 Å². The molecule has 1 aliphatic heterocycles. The summed E-state index contributed by atoms with van der Waals surface area (Å²) < 4.78 is 0. The van der Waals surface area contributed by atoms with Gasteiger partial charge in [0.25, 0.3) is 0 Å². The zero-order chi connectivity index (χ0) is 19.7. The second kappa shape index (κ2) is 7.08. The zero-order valence-corrected chi connectivity index (χ0v) is 16.1. The third-order valence-electron chi connectivity index (χ3n) is 5.74. The molecule has 0 aromatic heterocycles. The van der Waals surface area contributed by atoms with Gasteiger partial charge in [-0.25, -0.2) is 0 Å². The van der Waals surface area contributed by atoms with Gasteiger partial charge in [-0.1, -0.05) is 78.4 Å². The van der Waals surface area contributed by atoms with Gasteiger partial charge in [0.1, 0.15) is 5.54 Å². The summed E-state index contributed by atoms with van der Waals surface area (Å²) in [6, 6.07) is 25.3. The standard InChI is InChI=1S/C25H23NO2/c1-17-12-14-19(15-13-17)24(28)16-22-21-10-6-7-11-23(21)26-25(22,18(2)27)20-8-4-3-5-9-20/h3-15,22,26H,16H2,1-2H3/t22-,25-/m1/s1. The second-order valence-electron chi connectivity index (χ2n) is 7.49. The van der Waals surface area contributed by atoms with Crippen molar-refractivity contribution in [1.82, 2.24) is 0 Å². The quantitative estimate of drug-likeness (QED) is 0.624. The van der Waals surface area contributed by atoms with Crippen LogP contribution in [0.3, 0.4) is 0 Å². The van der Waals surface area contributed by atoms with Crippen LogP contribution in [0.1, 0.15) is 46.3 Å². The minimum atomic E-state index is -0.939. The van der Waals surface area contributed by atoms with E-state index in [0.717, 1.165) is 22.4 Å².